The number of hydrogen-bond donors (Lipinski definition) is 1. The van der Waals surface area contributed by atoms with Gasteiger partial charge in [0.25, 0.3) is 0 Å². The number of hydrogen-bond acceptors (Lipinski definition) is 1. The van der Waals surface area contributed by atoms with E-state index in [1.165, 1.54) is 56.3 Å². The Morgan fingerprint density at radius 1 is 0.514 bits per heavy atom. The predicted octanol–water partition coefficient (Wildman–Crippen LogP) is 9.09. The topological polar surface area (TPSA) is 12.0 Å². The third-order valence-corrected chi connectivity index (χ3v) is 7.57. The summed E-state index contributed by atoms with van der Waals surface area (Å²) in [5.74, 6) is -0.240. The Bertz CT molecular complexity index is 1700. The molecule has 1 N–H and O–H groups in total. The molecular formula is C35H24FN. The van der Waals surface area contributed by atoms with E-state index in [1.807, 2.05) is 0 Å². The lowest BCUT2D eigenvalue weighted by Crippen LogP contribution is -2.28. The minimum Gasteiger partial charge on any atom is -0.356 e. The molecule has 0 fully saturated rings. The van der Waals surface area contributed by atoms with E-state index in [2.05, 4.69) is 121 Å². The van der Waals surface area contributed by atoms with Crippen molar-refractivity contribution in [1.29, 1.82) is 0 Å². The van der Waals surface area contributed by atoms with Crippen molar-refractivity contribution >= 4 is 22.1 Å². The smallest absolute Gasteiger partial charge is 0.123 e. The Labute approximate surface area is 215 Å². The summed E-state index contributed by atoms with van der Waals surface area (Å²) in [7, 11) is 0. The maximum atomic E-state index is 13.5. The number of rotatable bonds is 4. The Balaban J connectivity index is 1.55. The van der Waals surface area contributed by atoms with Gasteiger partial charge < -0.3 is 5.32 Å². The fourth-order valence-corrected chi connectivity index (χ4v) is 6.04. The summed E-state index contributed by atoms with van der Waals surface area (Å²) >= 11 is 0. The quantitative estimate of drug-likeness (QED) is 0.267. The minimum absolute atomic E-state index is 0.240. The van der Waals surface area contributed by atoms with Crippen LogP contribution in [0.2, 0.25) is 0 Å². The molecule has 37 heavy (non-hydrogen) atoms. The molecule has 0 saturated heterocycles. The second kappa shape index (κ2) is 8.46. The monoisotopic (exact) mass is 477 g/mol. The predicted molar refractivity (Wildman–Crippen MR) is 151 cm³/mol. The highest BCUT2D eigenvalue weighted by atomic mass is 19.1. The van der Waals surface area contributed by atoms with Crippen LogP contribution >= 0.6 is 0 Å². The number of benzene rings is 6. The van der Waals surface area contributed by atoms with Crippen molar-refractivity contribution in [3.05, 3.63) is 168 Å². The molecular weight excluding hydrogens is 453 g/mol. The Hall–Kier alpha value is -4.69. The molecule has 1 nitrogen and oxygen atoms in total. The van der Waals surface area contributed by atoms with Gasteiger partial charge in [0.2, 0.25) is 0 Å². The normalized spacial score (nSPS) is 13.2. The van der Waals surface area contributed by atoms with E-state index in [1.54, 1.807) is 12.1 Å². The molecule has 0 spiro atoms. The van der Waals surface area contributed by atoms with Crippen LogP contribution in [-0.2, 0) is 5.41 Å². The van der Waals surface area contributed by atoms with E-state index in [4.69, 9.17) is 0 Å². The molecule has 0 bridgehead atoms. The van der Waals surface area contributed by atoms with Crippen LogP contribution in [0, 0.1) is 5.82 Å². The van der Waals surface area contributed by atoms with Crippen LogP contribution in [0.4, 0.5) is 15.8 Å². The molecule has 176 valence electrons. The van der Waals surface area contributed by atoms with Crippen molar-refractivity contribution in [3.63, 3.8) is 0 Å². The van der Waals surface area contributed by atoms with Gasteiger partial charge in [0, 0.05) is 11.4 Å². The third-order valence-electron chi connectivity index (χ3n) is 7.57. The van der Waals surface area contributed by atoms with Gasteiger partial charge >= 0.3 is 0 Å². The lowest BCUT2D eigenvalue weighted by molar-refractivity contribution is 0.628. The fourth-order valence-electron chi connectivity index (χ4n) is 6.04. The van der Waals surface area contributed by atoms with Crippen LogP contribution in [0.1, 0.15) is 22.3 Å². The van der Waals surface area contributed by atoms with Crippen LogP contribution in [0.5, 0.6) is 0 Å². The highest BCUT2D eigenvalue weighted by Gasteiger charge is 2.46. The first-order valence-corrected chi connectivity index (χ1v) is 12.6. The van der Waals surface area contributed by atoms with Gasteiger partial charge in [0.1, 0.15) is 5.82 Å². The average molecular weight is 478 g/mol. The molecule has 0 heterocycles. The summed E-state index contributed by atoms with van der Waals surface area (Å²) in [6.45, 7) is 0. The van der Waals surface area contributed by atoms with Crippen LogP contribution in [0.3, 0.4) is 0 Å². The van der Waals surface area contributed by atoms with E-state index in [0.717, 1.165) is 11.4 Å². The van der Waals surface area contributed by atoms with Gasteiger partial charge in [-0.05, 0) is 80.6 Å². The van der Waals surface area contributed by atoms with Crippen LogP contribution in [0.25, 0.3) is 21.9 Å². The largest absolute Gasteiger partial charge is 0.356 e. The molecule has 0 amide bonds. The molecule has 2 heteroatoms. The molecule has 0 saturated carbocycles. The van der Waals surface area contributed by atoms with Gasteiger partial charge in [-0.3, -0.25) is 0 Å². The Morgan fingerprint density at radius 2 is 1.11 bits per heavy atom. The second-order valence-electron chi connectivity index (χ2n) is 9.58. The van der Waals surface area contributed by atoms with Gasteiger partial charge in [-0.25, -0.2) is 4.39 Å². The van der Waals surface area contributed by atoms with Gasteiger partial charge in [0.05, 0.1) is 5.41 Å². The van der Waals surface area contributed by atoms with Crippen molar-refractivity contribution < 1.29 is 4.39 Å². The Kier molecular flexibility index (Phi) is 4.93. The number of anilines is 2. The summed E-state index contributed by atoms with van der Waals surface area (Å²) in [5, 5.41) is 5.95. The van der Waals surface area contributed by atoms with Gasteiger partial charge in [-0.2, -0.15) is 0 Å². The van der Waals surface area contributed by atoms with Gasteiger partial charge in [-0.1, -0.05) is 103 Å². The van der Waals surface area contributed by atoms with E-state index in [0.29, 0.717) is 0 Å². The standard InChI is InChI=1S/C35H24FN/c36-27-16-18-28(19-17-27)37-29-20-22-32-31(23-29)34-30-14-8-7-9-24(30)15-21-33(34)35(32,25-10-3-1-4-11-25)26-12-5-2-6-13-26/h1-23,37H. The van der Waals surface area contributed by atoms with Crippen LogP contribution < -0.4 is 5.32 Å². The SMILES string of the molecule is Fc1ccc(Nc2ccc3c(c2)-c2c(ccc4ccccc24)C3(c2ccccc2)c2ccccc2)cc1. The fraction of sp³-hybridized carbons (Fsp3) is 0.0286. The van der Waals surface area contributed by atoms with Crippen molar-refractivity contribution in [1.82, 2.24) is 0 Å². The third kappa shape index (κ3) is 3.30. The Morgan fingerprint density at radius 3 is 1.81 bits per heavy atom. The van der Waals surface area contributed by atoms with E-state index in [-0.39, 0.29) is 5.82 Å². The summed E-state index contributed by atoms with van der Waals surface area (Å²) < 4.78 is 13.5. The van der Waals surface area contributed by atoms with Crippen LogP contribution in [0.15, 0.2) is 140 Å². The van der Waals surface area contributed by atoms with Crippen molar-refractivity contribution in [2.45, 2.75) is 5.41 Å². The number of nitrogens with one attached hydrogen (secondary N) is 1. The summed E-state index contributed by atoms with van der Waals surface area (Å²) in [6, 6.07) is 48.0. The zero-order valence-corrected chi connectivity index (χ0v) is 20.2. The number of halogens is 1. The first-order valence-electron chi connectivity index (χ1n) is 12.6. The van der Waals surface area contributed by atoms with Crippen molar-refractivity contribution in [3.8, 4) is 11.1 Å². The molecule has 1 aliphatic carbocycles. The van der Waals surface area contributed by atoms with E-state index in [9.17, 15) is 4.39 Å². The zero-order valence-electron chi connectivity index (χ0n) is 20.2. The highest BCUT2D eigenvalue weighted by Crippen LogP contribution is 2.58. The molecule has 0 unspecified atom stereocenters. The summed E-state index contributed by atoms with van der Waals surface area (Å²) in [5.41, 5.74) is 8.92. The molecule has 6 aromatic rings. The first-order chi connectivity index (χ1) is 18.2. The molecule has 6 aromatic carbocycles. The van der Waals surface area contributed by atoms with E-state index < -0.39 is 5.41 Å². The molecule has 7 rings (SSSR count). The molecule has 1 aliphatic rings. The summed E-state index contributed by atoms with van der Waals surface area (Å²) in [4.78, 5) is 0. The molecule has 0 radical (unpaired) electrons. The number of fused-ring (bicyclic) bond motifs is 5. The lowest BCUT2D eigenvalue weighted by Gasteiger charge is -2.34. The van der Waals surface area contributed by atoms with Crippen molar-refractivity contribution in [2.24, 2.45) is 0 Å². The van der Waals surface area contributed by atoms with Gasteiger partial charge in [0.15, 0.2) is 0 Å². The average Bonchev–Trinajstić information content (AvgIpc) is 3.26. The minimum atomic E-state index is -0.439. The maximum Gasteiger partial charge on any atom is 0.123 e. The van der Waals surface area contributed by atoms with Crippen LogP contribution in [-0.4, -0.2) is 0 Å². The van der Waals surface area contributed by atoms with E-state index >= 15 is 0 Å². The zero-order chi connectivity index (χ0) is 24.8. The summed E-state index contributed by atoms with van der Waals surface area (Å²) in [6.07, 6.45) is 0. The van der Waals surface area contributed by atoms with Gasteiger partial charge in [-0.15, -0.1) is 0 Å². The molecule has 0 aromatic heterocycles. The van der Waals surface area contributed by atoms with Crippen molar-refractivity contribution in [2.75, 3.05) is 5.32 Å². The molecule has 0 aliphatic heterocycles. The molecule has 0 atom stereocenters. The lowest BCUT2D eigenvalue weighted by atomic mass is 9.67. The second-order valence-corrected chi connectivity index (χ2v) is 9.58. The maximum absolute atomic E-state index is 13.5. The highest BCUT2D eigenvalue weighted by molar-refractivity contribution is 6.04. The first kappa shape index (κ1) is 21.6.